The lowest BCUT2D eigenvalue weighted by Crippen LogP contribution is -2.63. The van der Waals surface area contributed by atoms with Crippen molar-refractivity contribution in [1.82, 2.24) is 15.1 Å². The van der Waals surface area contributed by atoms with Crippen LogP contribution in [0.2, 0.25) is 0 Å². The van der Waals surface area contributed by atoms with Crippen molar-refractivity contribution in [2.45, 2.75) is 45.1 Å². The van der Waals surface area contributed by atoms with Gasteiger partial charge in [0.15, 0.2) is 0 Å². The van der Waals surface area contributed by atoms with Crippen molar-refractivity contribution in [3.05, 3.63) is 0 Å². The van der Waals surface area contributed by atoms with Crippen LogP contribution >= 0.6 is 0 Å². The van der Waals surface area contributed by atoms with Crippen molar-refractivity contribution < 1.29 is 14.4 Å². The maximum absolute atomic E-state index is 12.6. The van der Waals surface area contributed by atoms with Gasteiger partial charge in [0.2, 0.25) is 11.8 Å². The number of carbonyl (C=O) groups excluding carboxylic acids is 3. The maximum atomic E-state index is 12.6. The first-order chi connectivity index (χ1) is 9.78. The summed E-state index contributed by atoms with van der Waals surface area (Å²) in [6, 6.07) is -0.574. The molecule has 0 spiro atoms. The summed E-state index contributed by atoms with van der Waals surface area (Å²) in [6.07, 6.45) is 4.15. The first kappa shape index (κ1) is 15.9. The molecular weight excluding hydrogens is 270 g/mol. The Bertz CT molecular complexity index is 453. The third-order valence-electron chi connectivity index (χ3n) is 4.89. The second-order valence-electron chi connectivity index (χ2n) is 6.77. The second kappa shape index (κ2) is 5.75. The molecule has 1 aliphatic carbocycles. The molecule has 1 heterocycles. The molecule has 6 heteroatoms. The van der Waals surface area contributed by atoms with E-state index in [0.29, 0.717) is 6.54 Å². The van der Waals surface area contributed by atoms with Gasteiger partial charge in [-0.15, -0.1) is 0 Å². The number of imide groups is 2. The van der Waals surface area contributed by atoms with E-state index in [2.05, 4.69) is 10.2 Å². The summed E-state index contributed by atoms with van der Waals surface area (Å²) in [5, 5.41) is 2.33. The summed E-state index contributed by atoms with van der Waals surface area (Å²) in [6.45, 7) is 4.02. The Balaban J connectivity index is 2.23. The van der Waals surface area contributed by atoms with Gasteiger partial charge in [-0.1, -0.05) is 26.7 Å². The molecular formula is C15H25N3O3. The number of urea groups is 1. The Kier molecular flexibility index (Phi) is 4.37. The fraction of sp³-hybridized carbons (Fsp3) is 0.800. The molecule has 1 N–H and O–H groups in total. The smallest absolute Gasteiger partial charge is 0.302 e. The van der Waals surface area contributed by atoms with E-state index in [1.807, 2.05) is 27.9 Å². The lowest BCUT2D eigenvalue weighted by Gasteiger charge is -2.42. The molecule has 0 aromatic rings. The molecule has 118 valence electrons. The van der Waals surface area contributed by atoms with Crippen molar-refractivity contribution in [3.8, 4) is 0 Å². The highest BCUT2D eigenvalue weighted by atomic mass is 16.2. The van der Waals surface area contributed by atoms with Gasteiger partial charge in [0.05, 0.1) is 0 Å². The zero-order chi connectivity index (χ0) is 15.8. The van der Waals surface area contributed by atoms with Crippen molar-refractivity contribution in [3.63, 3.8) is 0 Å². The minimum atomic E-state index is -0.761. The second-order valence-corrected chi connectivity index (χ2v) is 6.77. The number of nitrogens with one attached hydrogen (secondary N) is 1. The molecule has 4 amide bonds. The van der Waals surface area contributed by atoms with Gasteiger partial charge < -0.3 is 4.90 Å². The van der Waals surface area contributed by atoms with Gasteiger partial charge >= 0.3 is 6.03 Å². The van der Waals surface area contributed by atoms with Crippen LogP contribution in [0.3, 0.4) is 0 Å². The summed E-state index contributed by atoms with van der Waals surface area (Å²) in [5.41, 5.74) is -0.158. The number of amides is 4. The van der Waals surface area contributed by atoms with Crippen LogP contribution in [0.25, 0.3) is 0 Å². The molecule has 2 aliphatic rings. The first-order valence-corrected chi connectivity index (χ1v) is 7.62. The SMILES string of the molecule is CC(C)C1C(=O)NC(=O)N(CC2(N(C)C)CCCC2)C1=O. The number of carbonyl (C=O) groups is 3. The highest BCUT2D eigenvalue weighted by Gasteiger charge is 2.46. The van der Waals surface area contributed by atoms with Crippen molar-refractivity contribution in [1.29, 1.82) is 0 Å². The Morgan fingerprint density at radius 1 is 1.24 bits per heavy atom. The topological polar surface area (TPSA) is 69.7 Å². The fourth-order valence-electron chi connectivity index (χ4n) is 3.44. The van der Waals surface area contributed by atoms with E-state index in [9.17, 15) is 14.4 Å². The van der Waals surface area contributed by atoms with Crippen LogP contribution in [0.15, 0.2) is 0 Å². The number of rotatable bonds is 4. The van der Waals surface area contributed by atoms with Crippen LogP contribution in [-0.4, -0.2) is 53.8 Å². The Morgan fingerprint density at radius 3 is 2.29 bits per heavy atom. The molecule has 0 aromatic carbocycles. The summed E-state index contributed by atoms with van der Waals surface area (Å²) >= 11 is 0. The molecule has 2 rings (SSSR count). The van der Waals surface area contributed by atoms with Gasteiger partial charge in [-0.2, -0.15) is 0 Å². The summed E-state index contributed by atoms with van der Waals surface area (Å²) in [7, 11) is 3.98. The normalized spacial score (nSPS) is 25.9. The number of hydrogen-bond donors (Lipinski definition) is 1. The monoisotopic (exact) mass is 295 g/mol. The van der Waals surface area contributed by atoms with E-state index in [4.69, 9.17) is 0 Å². The first-order valence-electron chi connectivity index (χ1n) is 7.62. The van der Waals surface area contributed by atoms with Crippen molar-refractivity contribution in [2.75, 3.05) is 20.6 Å². The van der Waals surface area contributed by atoms with E-state index in [-0.39, 0.29) is 17.4 Å². The molecule has 0 bridgehead atoms. The average molecular weight is 295 g/mol. The molecule has 1 aliphatic heterocycles. The quantitative estimate of drug-likeness (QED) is 0.792. The minimum Gasteiger partial charge on any atom is -0.302 e. The largest absolute Gasteiger partial charge is 0.330 e. The number of likely N-dealkylation sites (N-methyl/N-ethyl adjacent to an activating group) is 1. The minimum absolute atomic E-state index is 0.119. The van der Waals surface area contributed by atoms with Gasteiger partial charge in [0.25, 0.3) is 0 Å². The fourth-order valence-corrected chi connectivity index (χ4v) is 3.44. The van der Waals surface area contributed by atoms with Crippen molar-refractivity contribution in [2.24, 2.45) is 11.8 Å². The van der Waals surface area contributed by atoms with Gasteiger partial charge in [-0.3, -0.25) is 19.8 Å². The molecule has 2 fully saturated rings. The van der Waals surface area contributed by atoms with Crippen LogP contribution < -0.4 is 5.32 Å². The molecule has 21 heavy (non-hydrogen) atoms. The van der Waals surface area contributed by atoms with Crippen molar-refractivity contribution >= 4 is 17.8 Å². The van der Waals surface area contributed by atoms with E-state index < -0.39 is 17.9 Å². The highest BCUT2D eigenvalue weighted by molar-refractivity contribution is 6.16. The standard InChI is InChI=1S/C15H25N3O3/c1-10(2)11-12(19)16-14(21)18(13(11)20)9-15(17(3)4)7-5-6-8-15/h10-11H,5-9H2,1-4H3,(H,16,19,21). The number of nitrogens with zero attached hydrogens (tertiary/aromatic N) is 2. The number of barbiturate groups is 1. The van der Waals surface area contributed by atoms with Gasteiger partial charge in [0.1, 0.15) is 5.92 Å². The van der Waals surface area contributed by atoms with Gasteiger partial charge in [-0.05, 0) is 32.9 Å². The molecule has 1 saturated carbocycles. The maximum Gasteiger partial charge on any atom is 0.330 e. The zero-order valence-electron chi connectivity index (χ0n) is 13.3. The van der Waals surface area contributed by atoms with E-state index >= 15 is 0 Å². The van der Waals surface area contributed by atoms with Crippen LogP contribution in [-0.2, 0) is 9.59 Å². The van der Waals surface area contributed by atoms with Crippen LogP contribution in [0.4, 0.5) is 4.79 Å². The van der Waals surface area contributed by atoms with Crippen LogP contribution in [0.1, 0.15) is 39.5 Å². The van der Waals surface area contributed by atoms with Gasteiger partial charge in [0, 0.05) is 12.1 Å². The molecule has 1 unspecified atom stereocenters. The summed E-state index contributed by atoms with van der Waals surface area (Å²) in [4.78, 5) is 39.9. The predicted octanol–water partition coefficient (Wildman–Crippen LogP) is 1.21. The Labute approximate surface area is 125 Å². The Morgan fingerprint density at radius 2 is 1.81 bits per heavy atom. The molecule has 0 radical (unpaired) electrons. The summed E-state index contributed by atoms with van der Waals surface area (Å²) in [5.74, 6) is -1.70. The molecule has 1 saturated heterocycles. The lowest BCUT2D eigenvalue weighted by atomic mass is 9.89. The summed E-state index contributed by atoms with van der Waals surface area (Å²) < 4.78 is 0. The third-order valence-corrected chi connectivity index (χ3v) is 4.89. The predicted molar refractivity (Wildman–Crippen MR) is 78.5 cm³/mol. The third kappa shape index (κ3) is 2.81. The lowest BCUT2D eigenvalue weighted by molar-refractivity contribution is -0.145. The Hall–Kier alpha value is -1.43. The average Bonchev–Trinajstić information content (AvgIpc) is 2.83. The van der Waals surface area contributed by atoms with E-state index in [1.54, 1.807) is 0 Å². The van der Waals surface area contributed by atoms with Crippen LogP contribution in [0.5, 0.6) is 0 Å². The molecule has 1 atom stereocenters. The molecule has 6 nitrogen and oxygen atoms in total. The number of hydrogen-bond acceptors (Lipinski definition) is 4. The van der Waals surface area contributed by atoms with Gasteiger partial charge in [-0.25, -0.2) is 4.79 Å². The highest BCUT2D eigenvalue weighted by Crippen LogP contribution is 2.35. The van der Waals surface area contributed by atoms with E-state index in [0.717, 1.165) is 25.7 Å². The van der Waals surface area contributed by atoms with E-state index in [1.165, 1.54) is 4.90 Å². The molecule has 0 aromatic heterocycles. The zero-order valence-corrected chi connectivity index (χ0v) is 13.3. The van der Waals surface area contributed by atoms with Crippen LogP contribution in [0, 0.1) is 11.8 Å².